The predicted molar refractivity (Wildman–Crippen MR) is 67.5 cm³/mol. The molecule has 0 bridgehead atoms. The van der Waals surface area contributed by atoms with E-state index in [4.69, 9.17) is 21.1 Å². The molecule has 0 aromatic heterocycles. The van der Waals surface area contributed by atoms with E-state index in [0.717, 1.165) is 0 Å². The standard InChI is InChI=1S/C10H18ClN3O5/c1-6-9(15)7(5-8(18-2)19-6)12-10(16)14(13-17)4-3-11/h6-9,15H,3-5H2,1-2H3,(H,12,16)/t6-,7-,8-,9-/m1/s1. The van der Waals surface area contributed by atoms with Gasteiger partial charge in [-0.1, -0.05) is 0 Å². The maximum atomic E-state index is 11.7. The molecule has 0 radical (unpaired) electrons. The Morgan fingerprint density at radius 1 is 1.68 bits per heavy atom. The van der Waals surface area contributed by atoms with Crippen LogP contribution in [0.2, 0.25) is 0 Å². The van der Waals surface area contributed by atoms with Crippen LogP contribution in [-0.4, -0.2) is 60.2 Å². The van der Waals surface area contributed by atoms with Gasteiger partial charge < -0.3 is 19.9 Å². The number of rotatable bonds is 5. The Kier molecular flexibility index (Phi) is 6.43. The van der Waals surface area contributed by atoms with Gasteiger partial charge in [0, 0.05) is 19.4 Å². The van der Waals surface area contributed by atoms with Crippen LogP contribution in [0.5, 0.6) is 0 Å². The van der Waals surface area contributed by atoms with Gasteiger partial charge in [0.1, 0.15) is 6.10 Å². The molecular weight excluding hydrogens is 278 g/mol. The molecule has 110 valence electrons. The number of halogens is 1. The van der Waals surface area contributed by atoms with Crippen molar-refractivity contribution in [2.75, 3.05) is 19.5 Å². The molecule has 0 saturated carbocycles. The van der Waals surface area contributed by atoms with Crippen molar-refractivity contribution in [3.63, 3.8) is 0 Å². The quantitative estimate of drug-likeness (QED) is 0.435. The van der Waals surface area contributed by atoms with Crippen LogP contribution >= 0.6 is 11.6 Å². The van der Waals surface area contributed by atoms with E-state index >= 15 is 0 Å². The fourth-order valence-electron chi connectivity index (χ4n) is 1.84. The third kappa shape index (κ3) is 4.27. The Morgan fingerprint density at radius 2 is 2.37 bits per heavy atom. The molecule has 4 atom stereocenters. The summed E-state index contributed by atoms with van der Waals surface area (Å²) >= 11 is 5.45. The molecule has 2 amide bonds. The van der Waals surface area contributed by atoms with Crippen molar-refractivity contribution in [2.45, 2.75) is 37.9 Å². The van der Waals surface area contributed by atoms with E-state index < -0.39 is 30.6 Å². The lowest BCUT2D eigenvalue weighted by molar-refractivity contribution is -0.214. The summed E-state index contributed by atoms with van der Waals surface area (Å²) in [6, 6.07) is -1.29. The molecule has 1 saturated heterocycles. The first kappa shape index (κ1) is 16.1. The first-order valence-corrected chi connectivity index (χ1v) is 6.40. The number of alkyl halides is 1. The second kappa shape index (κ2) is 7.59. The van der Waals surface area contributed by atoms with Crippen molar-refractivity contribution in [1.82, 2.24) is 10.3 Å². The van der Waals surface area contributed by atoms with Crippen LogP contribution in [0, 0.1) is 4.91 Å². The first-order valence-electron chi connectivity index (χ1n) is 5.87. The van der Waals surface area contributed by atoms with Crippen molar-refractivity contribution < 1.29 is 19.4 Å². The number of nitroso groups, excluding NO2 is 1. The van der Waals surface area contributed by atoms with Gasteiger partial charge in [-0.25, -0.2) is 4.79 Å². The molecule has 0 spiro atoms. The molecule has 1 rings (SSSR count). The van der Waals surface area contributed by atoms with Crippen molar-refractivity contribution in [3.8, 4) is 0 Å². The van der Waals surface area contributed by atoms with E-state index in [1.807, 2.05) is 0 Å². The number of nitrogens with one attached hydrogen (secondary N) is 1. The van der Waals surface area contributed by atoms with Gasteiger partial charge in [0.05, 0.1) is 24.0 Å². The normalized spacial score (nSPS) is 30.7. The van der Waals surface area contributed by atoms with E-state index in [1.54, 1.807) is 6.92 Å². The van der Waals surface area contributed by atoms with Crippen LogP contribution in [0.1, 0.15) is 13.3 Å². The van der Waals surface area contributed by atoms with Gasteiger partial charge in [0.2, 0.25) is 0 Å². The molecule has 1 fully saturated rings. The van der Waals surface area contributed by atoms with Crippen molar-refractivity contribution in [3.05, 3.63) is 4.91 Å². The molecule has 8 nitrogen and oxygen atoms in total. The fraction of sp³-hybridized carbons (Fsp3) is 0.900. The number of nitrogens with zero attached hydrogens (tertiary/aromatic N) is 2. The number of ether oxygens (including phenoxy) is 2. The molecule has 9 heteroatoms. The number of methoxy groups -OCH3 is 1. The van der Waals surface area contributed by atoms with Gasteiger partial charge in [-0.15, -0.1) is 16.5 Å². The van der Waals surface area contributed by atoms with Crippen molar-refractivity contribution in [1.29, 1.82) is 0 Å². The monoisotopic (exact) mass is 295 g/mol. The van der Waals surface area contributed by atoms with E-state index in [0.29, 0.717) is 5.01 Å². The SMILES string of the molecule is CO[C@H]1C[C@@H](NC(=O)N(CCCl)N=O)[C@H](O)[C@@H](C)O1. The molecule has 1 heterocycles. The molecular formula is C10H18ClN3O5. The molecule has 19 heavy (non-hydrogen) atoms. The molecule has 0 aliphatic carbocycles. The van der Waals surface area contributed by atoms with Gasteiger partial charge >= 0.3 is 6.03 Å². The Balaban J connectivity index is 2.62. The summed E-state index contributed by atoms with van der Waals surface area (Å²) in [6.45, 7) is 1.67. The maximum absolute atomic E-state index is 11.7. The summed E-state index contributed by atoms with van der Waals surface area (Å²) in [6.07, 6.45) is -1.62. The molecule has 2 N–H and O–H groups in total. The van der Waals surface area contributed by atoms with Crippen molar-refractivity contribution in [2.24, 2.45) is 5.29 Å². The summed E-state index contributed by atoms with van der Waals surface area (Å²) in [4.78, 5) is 22.2. The summed E-state index contributed by atoms with van der Waals surface area (Å²) < 4.78 is 10.4. The van der Waals surface area contributed by atoms with Gasteiger partial charge in [-0.2, -0.15) is 5.01 Å². The number of carbonyl (C=O) groups excluding carboxylic acids is 1. The minimum atomic E-state index is -0.889. The zero-order valence-corrected chi connectivity index (χ0v) is 11.5. The second-order valence-electron chi connectivity index (χ2n) is 4.18. The minimum absolute atomic E-state index is 0.000532. The number of amides is 2. The maximum Gasteiger partial charge on any atom is 0.340 e. The van der Waals surface area contributed by atoms with Crippen LogP contribution in [0.4, 0.5) is 4.79 Å². The van der Waals surface area contributed by atoms with Gasteiger partial charge in [-0.05, 0) is 6.92 Å². The third-order valence-corrected chi connectivity index (χ3v) is 3.08. The largest absolute Gasteiger partial charge is 0.388 e. The first-order chi connectivity index (χ1) is 9.03. The molecule has 1 aliphatic heterocycles. The van der Waals surface area contributed by atoms with Crippen molar-refractivity contribution >= 4 is 17.6 Å². The third-order valence-electron chi connectivity index (χ3n) is 2.91. The van der Waals surface area contributed by atoms with E-state index in [2.05, 4.69) is 10.6 Å². The zero-order chi connectivity index (χ0) is 14.4. The summed E-state index contributed by atoms with van der Waals surface area (Å²) in [7, 11) is 1.47. The van der Waals surface area contributed by atoms with Gasteiger partial charge in [-0.3, -0.25) is 0 Å². The Morgan fingerprint density at radius 3 is 2.89 bits per heavy atom. The molecule has 1 aliphatic rings. The number of carbonyl (C=O) groups is 1. The van der Waals surface area contributed by atoms with E-state index in [9.17, 15) is 14.8 Å². The predicted octanol–water partition coefficient (Wildman–Crippen LogP) is 0.429. The highest BCUT2D eigenvalue weighted by Gasteiger charge is 2.37. The highest BCUT2D eigenvalue weighted by Crippen LogP contribution is 2.20. The summed E-state index contributed by atoms with van der Waals surface area (Å²) in [5, 5.41) is 15.7. The average Bonchev–Trinajstić information content (AvgIpc) is 2.40. The topological polar surface area (TPSA) is 100 Å². The number of hydrogen-bond acceptors (Lipinski definition) is 6. The minimum Gasteiger partial charge on any atom is -0.388 e. The molecule has 0 aromatic rings. The smallest absolute Gasteiger partial charge is 0.340 e. The lowest BCUT2D eigenvalue weighted by atomic mass is 10.00. The zero-order valence-electron chi connectivity index (χ0n) is 10.8. The van der Waals surface area contributed by atoms with Crippen LogP contribution in [0.15, 0.2) is 5.29 Å². The number of urea groups is 1. The Labute approximate surface area is 115 Å². The average molecular weight is 296 g/mol. The van der Waals surface area contributed by atoms with Crippen LogP contribution < -0.4 is 5.32 Å². The van der Waals surface area contributed by atoms with Gasteiger partial charge in [0.25, 0.3) is 0 Å². The lowest BCUT2D eigenvalue weighted by Gasteiger charge is -2.37. The number of aliphatic hydroxyl groups excluding tert-OH is 1. The Hall–Kier alpha value is -0.960. The summed E-state index contributed by atoms with van der Waals surface area (Å²) in [5.41, 5.74) is 0. The van der Waals surface area contributed by atoms with Crippen LogP contribution in [0.25, 0.3) is 0 Å². The number of aliphatic hydroxyl groups is 1. The highest BCUT2D eigenvalue weighted by atomic mass is 35.5. The summed E-state index contributed by atoms with van der Waals surface area (Å²) in [5.74, 6) is 0.0899. The van der Waals surface area contributed by atoms with Crippen LogP contribution in [-0.2, 0) is 9.47 Å². The van der Waals surface area contributed by atoms with Crippen LogP contribution in [0.3, 0.4) is 0 Å². The highest BCUT2D eigenvalue weighted by molar-refractivity contribution is 6.18. The molecule has 0 aromatic carbocycles. The lowest BCUT2D eigenvalue weighted by Crippen LogP contribution is -2.56. The van der Waals surface area contributed by atoms with E-state index in [1.165, 1.54) is 7.11 Å². The van der Waals surface area contributed by atoms with Gasteiger partial charge in [0.15, 0.2) is 6.29 Å². The second-order valence-corrected chi connectivity index (χ2v) is 4.56. The number of hydrogen-bond donors (Lipinski definition) is 2. The fourth-order valence-corrected chi connectivity index (χ4v) is 2.00. The Bertz CT molecular complexity index is 320. The molecule has 0 unspecified atom stereocenters. The van der Waals surface area contributed by atoms with E-state index in [-0.39, 0.29) is 18.8 Å².